The van der Waals surface area contributed by atoms with Gasteiger partial charge in [-0.25, -0.2) is 18.2 Å². The molecule has 2 amide bonds. The molecule has 2 heterocycles. The van der Waals surface area contributed by atoms with Gasteiger partial charge in [0.15, 0.2) is 0 Å². The molecule has 0 saturated carbocycles. The van der Waals surface area contributed by atoms with Crippen molar-refractivity contribution in [3.05, 3.63) is 75.2 Å². The highest BCUT2D eigenvalue weighted by atomic mass is 79.9. The molecule has 168 valence electrons. The number of hydrogen-bond donors (Lipinski definition) is 2. The number of rotatable bonds is 4. The molecule has 1 fully saturated rings. The summed E-state index contributed by atoms with van der Waals surface area (Å²) in [6.07, 6.45) is 1.13. The Morgan fingerprint density at radius 2 is 1.91 bits per heavy atom. The maximum Gasteiger partial charge on any atom is 0.277 e. The van der Waals surface area contributed by atoms with Gasteiger partial charge in [0.2, 0.25) is 0 Å². The fourth-order valence-electron chi connectivity index (χ4n) is 4.18. The Balaban J connectivity index is 1.70. The summed E-state index contributed by atoms with van der Waals surface area (Å²) in [4.78, 5) is 26.3. The van der Waals surface area contributed by atoms with Crippen molar-refractivity contribution in [3.8, 4) is 0 Å². The number of carbonyl (C=O) groups excluding carboxylic acids is 2. The number of nitrogens with zero attached hydrogens (tertiary/aromatic N) is 2. The largest absolute Gasteiger partial charge is 0.509 e. The van der Waals surface area contributed by atoms with Gasteiger partial charge in [-0.1, -0.05) is 12.1 Å². The summed E-state index contributed by atoms with van der Waals surface area (Å²) >= 11 is 2.75. The number of hydrogen-bond acceptors (Lipinski definition) is 4. The lowest BCUT2D eigenvalue weighted by molar-refractivity contribution is -0.160. The molecule has 10 heteroatoms. The van der Waals surface area contributed by atoms with Crippen LogP contribution in [-0.4, -0.2) is 39.0 Å². The van der Waals surface area contributed by atoms with Crippen molar-refractivity contribution in [1.82, 2.24) is 10.0 Å². The molecule has 0 aromatic heterocycles. The quantitative estimate of drug-likeness (QED) is 0.472. The molecule has 1 unspecified atom stereocenters. The Kier molecular flexibility index (Phi) is 5.76. The van der Waals surface area contributed by atoms with Crippen molar-refractivity contribution in [3.63, 3.8) is 0 Å². The van der Waals surface area contributed by atoms with Gasteiger partial charge in [0, 0.05) is 12.2 Å². The van der Waals surface area contributed by atoms with Crippen LogP contribution in [0.1, 0.15) is 25.3 Å². The zero-order valence-electron chi connectivity index (χ0n) is 17.0. The lowest BCUT2D eigenvalue weighted by Gasteiger charge is -2.46. The third-order valence-corrected chi connectivity index (χ3v) is 6.54. The molecule has 0 aliphatic carbocycles. The second-order valence-electron chi connectivity index (χ2n) is 7.92. The highest BCUT2D eigenvalue weighted by Gasteiger charge is 2.52. The van der Waals surface area contributed by atoms with Crippen LogP contribution in [0.25, 0.3) is 0 Å². The van der Waals surface area contributed by atoms with Crippen LogP contribution in [-0.2, 0) is 16.1 Å². The molecule has 2 N–H and O–H groups in total. The van der Waals surface area contributed by atoms with Crippen molar-refractivity contribution in [1.29, 1.82) is 0 Å². The average molecular weight is 510 g/mol. The molecule has 2 aliphatic heterocycles. The molecule has 0 radical (unpaired) electrons. The van der Waals surface area contributed by atoms with Gasteiger partial charge in [-0.15, -0.1) is 0 Å². The number of aliphatic hydroxyl groups is 1. The Hall–Kier alpha value is -2.85. The zero-order chi connectivity index (χ0) is 23.2. The van der Waals surface area contributed by atoms with Crippen LogP contribution in [0, 0.1) is 17.5 Å². The monoisotopic (exact) mass is 509 g/mol. The van der Waals surface area contributed by atoms with Gasteiger partial charge in [0.25, 0.3) is 11.8 Å². The number of halogens is 4. The van der Waals surface area contributed by atoms with E-state index in [0.29, 0.717) is 24.9 Å². The van der Waals surface area contributed by atoms with E-state index in [1.54, 1.807) is 18.0 Å². The zero-order valence-corrected chi connectivity index (χ0v) is 18.5. The van der Waals surface area contributed by atoms with E-state index in [1.807, 2.05) is 0 Å². The smallest absolute Gasteiger partial charge is 0.277 e. The summed E-state index contributed by atoms with van der Waals surface area (Å²) in [6, 6.07) is 7.51. The second kappa shape index (κ2) is 8.25. The number of nitrogens with one attached hydrogen (secondary N) is 1. The fourth-order valence-corrected chi connectivity index (χ4v) is 4.41. The molecular weight excluding hydrogens is 491 g/mol. The average Bonchev–Trinajstić information content (AvgIpc) is 3.12. The molecule has 2 aromatic rings. The predicted octanol–water partition coefficient (Wildman–Crippen LogP) is 4.43. The molecule has 2 aliphatic rings. The minimum Gasteiger partial charge on any atom is -0.509 e. The highest BCUT2D eigenvalue weighted by Crippen LogP contribution is 2.41. The first-order valence-electron chi connectivity index (χ1n) is 9.85. The summed E-state index contributed by atoms with van der Waals surface area (Å²) < 4.78 is 41.0. The molecule has 0 spiro atoms. The topological polar surface area (TPSA) is 72.9 Å². The van der Waals surface area contributed by atoms with E-state index >= 15 is 0 Å². The highest BCUT2D eigenvalue weighted by molar-refractivity contribution is 9.10. The van der Waals surface area contributed by atoms with E-state index in [9.17, 15) is 27.9 Å². The minimum atomic E-state index is -1.02. The van der Waals surface area contributed by atoms with Gasteiger partial charge in [-0.2, -0.15) is 0 Å². The van der Waals surface area contributed by atoms with Crippen LogP contribution < -0.4 is 5.32 Å². The Labute approximate surface area is 190 Å². The summed E-state index contributed by atoms with van der Waals surface area (Å²) in [7, 11) is 0. The van der Waals surface area contributed by atoms with Crippen LogP contribution >= 0.6 is 15.9 Å². The normalized spacial score (nSPS) is 21.2. The van der Waals surface area contributed by atoms with Crippen molar-refractivity contribution in [2.45, 2.75) is 31.8 Å². The lowest BCUT2D eigenvalue weighted by atomic mass is 9.90. The third-order valence-electron chi connectivity index (χ3n) is 5.78. The number of aliphatic hydroxyl groups excluding tert-OH is 1. The van der Waals surface area contributed by atoms with Crippen LogP contribution in [0.15, 0.2) is 52.2 Å². The van der Waals surface area contributed by atoms with Crippen molar-refractivity contribution >= 4 is 33.4 Å². The van der Waals surface area contributed by atoms with Crippen LogP contribution in [0.3, 0.4) is 0 Å². The van der Waals surface area contributed by atoms with Gasteiger partial charge < -0.3 is 10.4 Å². The molecule has 1 atom stereocenters. The molecule has 1 saturated heterocycles. The van der Waals surface area contributed by atoms with E-state index in [4.69, 9.17) is 0 Å². The van der Waals surface area contributed by atoms with Gasteiger partial charge in [-0.05, 0) is 65.5 Å². The Morgan fingerprint density at radius 3 is 2.56 bits per heavy atom. The number of carbonyl (C=O) groups is 2. The maximum atomic E-state index is 13.8. The molecule has 2 aromatic carbocycles. The van der Waals surface area contributed by atoms with Crippen LogP contribution in [0.5, 0.6) is 0 Å². The summed E-state index contributed by atoms with van der Waals surface area (Å²) in [5.74, 6) is -4.53. The number of hydrazine groups is 1. The molecular formula is C22H19BrF3N3O3. The van der Waals surface area contributed by atoms with Gasteiger partial charge in [-0.3, -0.25) is 14.6 Å². The van der Waals surface area contributed by atoms with Crippen LogP contribution in [0.2, 0.25) is 0 Å². The van der Waals surface area contributed by atoms with E-state index in [-0.39, 0.29) is 16.7 Å². The van der Waals surface area contributed by atoms with Crippen molar-refractivity contribution in [2.24, 2.45) is 0 Å². The first-order valence-corrected chi connectivity index (χ1v) is 10.6. The van der Waals surface area contributed by atoms with E-state index < -0.39 is 46.1 Å². The van der Waals surface area contributed by atoms with Gasteiger partial charge in [0.1, 0.15) is 28.8 Å². The standard InChI is InChI=1S/C22H19BrF3N3O3/c1-22-6-3-7-29(22)28(11-12-4-2-5-13(24)8-12)21(32)17(19(22)30)20(31)27-14-9-15(25)18(23)16(26)10-14/h2,4-5,8-10,30H,3,6-7,11H2,1H3,(H,27,31). The van der Waals surface area contributed by atoms with E-state index in [0.717, 1.165) is 12.1 Å². The molecule has 0 bridgehead atoms. The minimum absolute atomic E-state index is 0.0161. The number of amides is 2. The molecule has 6 nitrogen and oxygen atoms in total. The lowest BCUT2D eigenvalue weighted by Crippen LogP contribution is -2.60. The SMILES string of the molecule is CC12CCCN1N(Cc1cccc(F)c1)C(=O)C(C(=O)Nc1cc(F)c(Br)c(F)c1)=C2O. The second-order valence-corrected chi connectivity index (χ2v) is 8.72. The number of benzene rings is 2. The first-order chi connectivity index (χ1) is 15.1. The van der Waals surface area contributed by atoms with Crippen molar-refractivity contribution in [2.75, 3.05) is 11.9 Å². The van der Waals surface area contributed by atoms with Gasteiger partial charge in [0.05, 0.1) is 16.6 Å². The number of fused-ring (bicyclic) bond motifs is 1. The third kappa shape index (κ3) is 3.77. The van der Waals surface area contributed by atoms with Gasteiger partial charge >= 0.3 is 0 Å². The molecule has 32 heavy (non-hydrogen) atoms. The Bertz CT molecular complexity index is 1130. The molecule has 4 rings (SSSR count). The van der Waals surface area contributed by atoms with Crippen molar-refractivity contribution < 1.29 is 27.9 Å². The summed E-state index contributed by atoms with van der Waals surface area (Å²) in [5.41, 5.74) is -1.25. The summed E-state index contributed by atoms with van der Waals surface area (Å²) in [5, 5.41) is 16.2. The fraction of sp³-hybridized carbons (Fsp3) is 0.273. The van der Waals surface area contributed by atoms with E-state index in [1.165, 1.54) is 23.2 Å². The Morgan fingerprint density at radius 1 is 1.22 bits per heavy atom. The maximum absolute atomic E-state index is 13.8. The van der Waals surface area contributed by atoms with Crippen LogP contribution in [0.4, 0.5) is 18.9 Å². The summed E-state index contributed by atoms with van der Waals surface area (Å²) in [6.45, 7) is 2.14. The first kappa shape index (κ1) is 22.3. The van der Waals surface area contributed by atoms with E-state index in [2.05, 4.69) is 21.2 Å². The number of anilines is 1. The predicted molar refractivity (Wildman–Crippen MR) is 114 cm³/mol.